The maximum absolute atomic E-state index is 3.67. The molecule has 0 radical (unpaired) electrons. The Morgan fingerprint density at radius 3 is 2.43 bits per heavy atom. The van der Waals surface area contributed by atoms with Gasteiger partial charge >= 0.3 is 0 Å². The Kier molecular flexibility index (Phi) is 5.49. The van der Waals surface area contributed by atoms with Crippen LogP contribution in [0.25, 0.3) is 0 Å². The average molecular weight is 198 g/mol. The molecule has 0 aromatic carbocycles. The predicted molar refractivity (Wildman–Crippen MR) is 62.6 cm³/mol. The summed E-state index contributed by atoms with van der Waals surface area (Å²) in [6, 6.07) is 0.806. The van der Waals surface area contributed by atoms with Gasteiger partial charge in [-0.05, 0) is 38.3 Å². The highest BCUT2D eigenvalue weighted by molar-refractivity contribution is 4.78. The summed E-state index contributed by atoms with van der Waals surface area (Å²) < 4.78 is 0. The Labute approximate surface area is 89.1 Å². The molecule has 84 valence electrons. The minimum Gasteiger partial charge on any atom is -0.313 e. The Balaban J connectivity index is 2.03. The van der Waals surface area contributed by atoms with Crippen molar-refractivity contribution >= 4 is 0 Å². The molecule has 0 spiro atoms. The fourth-order valence-electron chi connectivity index (χ4n) is 2.36. The zero-order valence-electron chi connectivity index (χ0n) is 10.1. The Morgan fingerprint density at radius 2 is 1.93 bits per heavy atom. The van der Waals surface area contributed by atoms with E-state index in [1.807, 2.05) is 0 Å². The van der Waals surface area contributed by atoms with Gasteiger partial charge in [0.15, 0.2) is 0 Å². The lowest BCUT2D eigenvalue weighted by Crippen LogP contribution is -2.36. The van der Waals surface area contributed by atoms with Crippen molar-refractivity contribution in [3.8, 4) is 0 Å². The standard InChI is InChI=1S/C12H26N2/c1-4-14(5-2)9-8-13-12-7-6-11(3)10-12/h11-13H,4-10H2,1-3H3/t11-,12-/m1/s1. The second kappa shape index (κ2) is 6.41. The first-order valence-corrected chi connectivity index (χ1v) is 6.22. The predicted octanol–water partition coefficient (Wildman–Crippen LogP) is 2.11. The number of nitrogens with zero attached hydrogens (tertiary/aromatic N) is 1. The van der Waals surface area contributed by atoms with Crippen LogP contribution in [0, 0.1) is 5.92 Å². The maximum atomic E-state index is 3.67. The molecule has 2 atom stereocenters. The zero-order valence-corrected chi connectivity index (χ0v) is 10.1. The second-order valence-electron chi connectivity index (χ2n) is 4.60. The lowest BCUT2D eigenvalue weighted by atomic mass is 10.1. The number of hydrogen-bond donors (Lipinski definition) is 1. The summed E-state index contributed by atoms with van der Waals surface area (Å²) in [7, 11) is 0. The molecule has 1 aliphatic rings. The highest BCUT2D eigenvalue weighted by atomic mass is 15.1. The van der Waals surface area contributed by atoms with Crippen molar-refractivity contribution in [2.24, 2.45) is 5.92 Å². The highest BCUT2D eigenvalue weighted by Gasteiger charge is 2.20. The van der Waals surface area contributed by atoms with Gasteiger partial charge in [-0.2, -0.15) is 0 Å². The van der Waals surface area contributed by atoms with Crippen LogP contribution in [0.1, 0.15) is 40.0 Å². The van der Waals surface area contributed by atoms with E-state index in [2.05, 4.69) is 31.0 Å². The first-order chi connectivity index (χ1) is 6.76. The molecule has 0 saturated heterocycles. The minimum atomic E-state index is 0.806. The molecule has 1 saturated carbocycles. The van der Waals surface area contributed by atoms with Gasteiger partial charge in [-0.25, -0.2) is 0 Å². The van der Waals surface area contributed by atoms with Gasteiger partial charge in [0.05, 0.1) is 0 Å². The van der Waals surface area contributed by atoms with Gasteiger partial charge in [-0.1, -0.05) is 20.8 Å². The van der Waals surface area contributed by atoms with E-state index in [0.29, 0.717) is 0 Å². The molecule has 14 heavy (non-hydrogen) atoms. The van der Waals surface area contributed by atoms with Crippen LogP contribution in [0.15, 0.2) is 0 Å². The van der Waals surface area contributed by atoms with E-state index in [0.717, 1.165) is 12.0 Å². The third kappa shape index (κ3) is 3.97. The zero-order chi connectivity index (χ0) is 10.4. The third-order valence-electron chi connectivity index (χ3n) is 3.45. The Morgan fingerprint density at radius 1 is 1.21 bits per heavy atom. The first-order valence-electron chi connectivity index (χ1n) is 6.22. The second-order valence-corrected chi connectivity index (χ2v) is 4.60. The van der Waals surface area contributed by atoms with Crippen LogP contribution in [0.4, 0.5) is 0 Å². The molecule has 1 aliphatic carbocycles. The average Bonchev–Trinajstić information content (AvgIpc) is 2.59. The molecular formula is C12H26N2. The van der Waals surface area contributed by atoms with E-state index in [9.17, 15) is 0 Å². The molecule has 0 heterocycles. The van der Waals surface area contributed by atoms with Crippen LogP contribution < -0.4 is 5.32 Å². The molecule has 0 bridgehead atoms. The van der Waals surface area contributed by atoms with E-state index in [1.54, 1.807) is 0 Å². The Hall–Kier alpha value is -0.0800. The van der Waals surface area contributed by atoms with Crippen LogP contribution >= 0.6 is 0 Å². The van der Waals surface area contributed by atoms with Crippen LogP contribution in [0.5, 0.6) is 0 Å². The fraction of sp³-hybridized carbons (Fsp3) is 1.00. The van der Waals surface area contributed by atoms with E-state index < -0.39 is 0 Å². The lowest BCUT2D eigenvalue weighted by molar-refractivity contribution is 0.295. The normalized spacial score (nSPS) is 27.4. The minimum absolute atomic E-state index is 0.806. The summed E-state index contributed by atoms with van der Waals surface area (Å²) in [4.78, 5) is 2.48. The van der Waals surface area contributed by atoms with Crippen LogP contribution in [-0.4, -0.2) is 37.1 Å². The van der Waals surface area contributed by atoms with Crippen LogP contribution in [0.2, 0.25) is 0 Å². The van der Waals surface area contributed by atoms with E-state index in [4.69, 9.17) is 0 Å². The van der Waals surface area contributed by atoms with Gasteiger partial charge in [0, 0.05) is 19.1 Å². The van der Waals surface area contributed by atoms with Gasteiger partial charge in [-0.3, -0.25) is 0 Å². The molecule has 2 nitrogen and oxygen atoms in total. The van der Waals surface area contributed by atoms with Crippen molar-refractivity contribution in [1.29, 1.82) is 0 Å². The largest absolute Gasteiger partial charge is 0.313 e. The number of likely N-dealkylation sites (N-methyl/N-ethyl adjacent to an activating group) is 1. The van der Waals surface area contributed by atoms with E-state index >= 15 is 0 Å². The molecule has 0 aromatic rings. The summed E-state index contributed by atoms with van der Waals surface area (Å²) in [5, 5.41) is 3.67. The molecule has 0 amide bonds. The monoisotopic (exact) mass is 198 g/mol. The van der Waals surface area contributed by atoms with E-state index in [-0.39, 0.29) is 0 Å². The van der Waals surface area contributed by atoms with Crippen molar-refractivity contribution in [3.05, 3.63) is 0 Å². The van der Waals surface area contributed by atoms with E-state index in [1.165, 1.54) is 45.4 Å². The molecule has 1 rings (SSSR count). The van der Waals surface area contributed by atoms with Crippen LogP contribution in [0.3, 0.4) is 0 Å². The van der Waals surface area contributed by atoms with Crippen molar-refractivity contribution in [2.45, 2.75) is 46.1 Å². The van der Waals surface area contributed by atoms with Gasteiger partial charge in [0.1, 0.15) is 0 Å². The van der Waals surface area contributed by atoms with Gasteiger partial charge in [-0.15, -0.1) is 0 Å². The van der Waals surface area contributed by atoms with Gasteiger partial charge in [0.2, 0.25) is 0 Å². The van der Waals surface area contributed by atoms with Crippen molar-refractivity contribution in [2.75, 3.05) is 26.2 Å². The molecular weight excluding hydrogens is 172 g/mol. The smallest absolute Gasteiger partial charge is 0.0107 e. The number of rotatable bonds is 6. The SMILES string of the molecule is CCN(CC)CCN[C@@H]1CC[C@@H](C)C1. The van der Waals surface area contributed by atoms with Gasteiger partial charge in [0.25, 0.3) is 0 Å². The lowest BCUT2D eigenvalue weighted by Gasteiger charge is -2.20. The Bertz CT molecular complexity index is 143. The van der Waals surface area contributed by atoms with Crippen molar-refractivity contribution < 1.29 is 0 Å². The summed E-state index contributed by atoms with van der Waals surface area (Å²) in [5.41, 5.74) is 0. The van der Waals surface area contributed by atoms with Crippen LogP contribution in [-0.2, 0) is 0 Å². The molecule has 2 heteroatoms. The number of nitrogens with one attached hydrogen (secondary N) is 1. The third-order valence-corrected chi connectivity index (χ3v) is 3.45. The number of hydrogen-bond acceptors (Lipinski definition) is 2. The molecule has 0 aliphatic heterocycles. The van der Waals surface area contributed by atoms with Gasteiger partial charge < -0.3 is 10.2 Å². The molecule has 0 aromatic heterocycles. The first kappa shape index (κ1) is 12.0. The quantitative estimate of drug-likeness (QED) is 0.703. The highest BCUT2D eigenvalue weighted by Crippen LogP contribution is 2.24. The fourth-order valence-corrected chi connectivity index (χ4v) is 2.36. The van der Waals surface area contributed by atoms with Crippen molar-refractivity contribution in [1.82, 2.24) is 10.2 Å². The molecule has 0 unspecified atom stereocenters. The van der Waals surface area contributed by atoms with Crippen molar-refractivity contribution in [3.63, 3.8) is 0 Å². The summed E-state index contributed by atoms with van der Waals surface area (Å²) in [6.07, 6.45) is 4.20. The topological polar surface area (TPSA) is 15.3 Å². The summed E-state index contributed by atoms with van der Waals surface area (Å²) >= 11 is 0. The molecule has 1 N–H and O–H groups in total. The molecule has 1 fully saturated rings. The summed E-state index contributed by atoms with van der Waals surface area (Å²) in [6.45, 7) is 11.6. The maximum Gasteiger partial charge on any atom is 0.0107 e. The summed E-state index contributed by atoms with van der Waals surface area (Å²) in [5.74, 6) is 0.945.